The number of benzene rings is 2. The van der Waals surface area contributed by atoms with Gasteiger partial charge in [0.1, 0.15) is 5.75 Å². The van der Waals surface area contributed by atoms with Gasteiger partial charge in [-0.1, -0.05) is 48.5 Å². The van der Waals surface area contributed by atoms with Gasteiger partial charge in [-0.05, 0) is 31.0 Å². The Morgan fingerprint density at radius 1 is 1.00 bits per heavy atom. The minimum Gasteiger partial charge on any atom is -0.508 e. The number of phenolic OH excluding ortho intramolecular Hbond substituents is 1. The molecule has 1 nitrogen and oxygen atoms in total. The number of rotatable bonds is 1. The van der Waals surface area contributed by atoms with Gasteiger partial charge in [-0.2, -0.15) is 0 Å². The zero-order valence-electron chi connectivity index (χ0n) is 8.56. The molecule has 0 spiro atoms. The van der Waals surface area contributed by atoms with E-state index in [-0.39, 0.29) is 0 Å². The van der Waals surface area contributed by atoms with Crippen molar-refractivity contribution in [2.24, 2.45) is 0 Å². The molecule has 2 aromatic carbocycles. The summed E-state index contributed by atoms with van der Waals surface area (Å²) < 4.78 is 0. The Morgan fingerprint density at radius 3 is 2.00 bits per heavy atom. The summed E-state index contributed by atoms with van der Waals surface area (Å²) in [6.45, 7) is 3.66. The maximum atomic E-state index is 9.07. The highest BCUT2D eigenvalue weighted by atomic mass is 16.3. The van der Waals surface area contributed by atoms with Crippen molar-refractivity contribution in [3.05, 3.63) is 73.2 Å². The average molecular weight is 198 g/mol. The quantitative estimate of drug-likeness (QED) is 0.745. The van der Waals surface area contributed by atoms with Gasteiger partial charge < -0.3 is 5.11 Å². The second kappa shape index (κ2) is 6.66. The van der Waals surface area contributed by atoms with Crippen LogP contribution < -0.4 is 0 Å². The minimum absolute atomic E-state index is 0.340. The summed E-state index contributed by atoms with van der Waals surface area (Å²) in [6.07, 6.45) is 0.646. The highest BCUT2D eigenvalue weighted by molar-refractivity contribution is 5.31. The lowest BCUT2D eigenvalue weighted by atomic mass is 10.1. The molecule has 0 aliphatic carbocycles. The molecule has 0 amide bonds. The second-order valence-electron chi connectivity index (χ2n) is 2.96. The molecular formula is C14H14O. The van der Waals surface area contributed by atoms with Crippen LogP contribution in [0.4, 0.5) is 0 Å². The largest absolute Gasteiger partial charge is 0.508 e. The fourth-order valence-electron chi connectivity index (χ4n) is 1.06. The third-order valence-corrected chi connectivity index (χ3v) is 1.87. The fourth-order valence-corrected chi connectivity index (χ4v) is 1.06. The number of phenols is 1. The van der Waals surface area contributed by atoms with E-state index in [0.29, 0.717) is 12.2 Å². The molecule has 0 unspecified atom stereocenters. The molecule has 2 aromatic rings. The standard InChI is InChI=1S/C8H9O.C6H5/c1-2-7-5-3-4-6-8(7)9;1-2-4-6-5-3-1/h3-6,9H,1-2H2;1-5H. The normalized spacial score (nSPS) is 8.87. The molecule has 1 heteroatoms. The van der Waals surface area contributed by atoms with Crippen molar-refractivity contribution >= 4 is 0 Å². The summed E-state index contributed by atoms with van der Waals surface area (Å²) in [4.78, 5) is 0. The van der Waals surface area contributed by atoms with Gasteiger partial charge in [0.05, 0.1) is 0 Å². The third-order valence-electron chi connectivity index (χ3n) is 1.87. The average Bonchev–Trinajstić information content (AvgIpc) is 2.33. The lowest BCUT2D eigenvalue weighted by molar-refractivity contribution is 0.469. The molecular weight excluding hydrogens is 184 g/mol. The molecule has 0 heterocycles. The first-order chi connectivity index (χ1) is 7.34. The Labute approximate surface area is 91.0 Å². The fraction of sp³-hybridized carbons (Fsp3) is 0.0714. The van der Waals surface area contributed by atoms with E-state index in [0.717, 1.165) is 5.56 Å². The predicted octanol–water partition coefficient (Wildman–Crippen LogP) is 3.26. The van der Waals surface area contributed by atoms with Crippen LogP contribution in [0.5, 0.6) is 5.75 Å². The van der Waals surface area contributed by atoms with E-state index in [4.69, 9.17) is 5.11 Å². The molecule has 0 fully saturated rings. The third kappa shape index (κ3) is 4.32. The van der Waals surface area contributed by atoms with Crippen LogP contribution in [0.1, 0.15) is 5.56 Å². The van der Waals surface area contributed by atoms with Gasteiger partial charge in [0.2, 0.25) is 0 Å². The molecule has 15 heavy (non-hydrogen) atoms. The Bertz CT molecular complexity index is 341. The summed E-state index contributed by atoms with van der Waals surface area (Å²) in [6, 6.07) is 19.7. The molecule has 0 saturated heterocycles. The van der Waals surface area contributed by atoms with E-state index in [2.05, 4.69) is 13.0 Å². The summed E-state index contributed by atoms with van der Waals surface area (Å²) in [5, 5.41) is 9.07. The molecule has 0 saturated carbocycles. The summed E-state index contributed by atoms with van der Waals surface area (Å²) in [7, 11) is 0. The summed E-state index contributed by atoms with van der Waals surface area (Å²) in [5.41, 5.74) is 0.900. The van der Waals surface area contributed by atoms with E-state index < -0.39 is 0 Å². The van der Waals surface area contributed by atoms with Crippen molar-refractivity contribution in [3.63, 3.8) is 0 Å². The van der Waals surface area contributed by atoms with Crippen LogP contribution in [-0.4, -0.2) is 5.11 Å². The molecule has 2 rings (SSSR count). The van der Waals surface area contributed by atoms with E-state index >= 15 is 0 Å². The van der Waals surface area contributed by atoms with Gasteiger partial charge in [0.25, 0.3) is 0 Å². The van der Waals surface area contributed by atoms with Crippen LogP contribution in [0.3, 0.4) is 0 Å². The second-order valence-corrected chi connectivity index (χ2v) is 2.96. The lowest BCUT2D eigenvalue weighted by Crippen LogP contribution is -1.78. The van der Waals surface area contributed by atoms with Crippen molar-refractivity contribution in [3.8, 4) is 5.75 Å². The molecule has 2 radical (unpaired) electrons. The smallest absolute Gasteiger partial charge is 0.118 e. The van der Waals surface area contributed by atoms with Crippen LogP contribution >= 0.6 is 0 Å². The van der Waals surface area contributed by atoms with Crippen LogP contribution in [0, 0.1) is 13.0 Å². The van der Waals surface area contributed by atoms with Crippen molar-refractivity contribution < 1.29 is 5.11 Å². The first-order valence-corrected chi connectivity index (χ1v) is 4.82. The minimum atomic E-state index is 0.340. The zero-order valence-corrected chi connectivity index (χ0v) is 8.56. The van der Waals surface area contributed by atoms with E-state index in [1.165, 1.54) is 0 Å². The molecule has 0 bridgehead atoms. The molecule has 0 atom stereocenters. The van der Waals surface area contributed by atoms with Crippen molar-refractivity contribution in [1.29, 1.82) is 0 Å². The maximum absolute atomic E-state index is 9.07. The number of hydrogen-bond acceptors (Lipinski definition) is 1. The summed E-state index contributed by atoms with van der Waals surface area (Å²) in [5.74, 6) is 0.340. The Morgan fingerprint density at radius 2 is 1.67 bits per heavy atom. The van der Waals surface area contributed by atoms with E-state index in [1.807, 2.05) is 42.5 Å². The first kappa shape index (κ1) is 11.3. The highest BCUT2D eigenvalue weighted by Gasteiger charge is 1.92. The number of para-hydroxylation sites is 1. The van der Waals surface area contributed by atoms with Crippen LogP contribution in [0.2, 0.25) is 0 Å². The monoisotopic (exact) mass is 198 g/mol. The van der Waals surface area contributed by atoms with Gasteiger partial charge >= 0.3 is 0 Å². The van der Waals surface area contributed by atoms with Crippen molar-refractivity contribution in [2.45, 2.75) is 6.42 Å². The van der Waals surface area contributed by atoms with Crippen LogP contribution in [-0.2, 0) is 6.42 Å². The topological polar surface area (TPSA) is 20.2 Å². The van der Waals surface area contributed by atoms with Gasteiger partial charge in [-0.15, -0.1) is 0 Å². The van der Waals surface area contributed by atoms with Crippen LogP contribution in [0.15, 0.2) is 54.6 Å². The van der Waals surface area contributed by atoms with Crippen LogP contribution in [0.25, 0.3) is 0 Å². The van der Waals surface area contributed by atoms with Crippen molar-refractivity contribution in [2.75, 3.05) is 0 Å². The molecule has 0 aromatic heterocycles. The Hall–Kier alpha value is -1.76. The molecule has 0 aliphatic rings. The number of hydrogen-bond donors (Lipinski definition) is 1. The van der Waals surface area contributed by atoms with Gasteiger partial charge in [0.15, 0.2) is 0 Å². The first-order valence-electron chi connectivity index (χ1n) is 4.82. The Kier molecular flexibility index (Phi) is 5.02. The molecule has 0 aliphatic heterocycles. The highest BCUT2D eigenvalue weighted by Crippen LogP contribution is 2.14. The SMILES string of the molecule is [CH2]Cc1ccccc1O.[c]1ccccc1. The molecule has 1 N–H and O–H groups in total. The van der Waals surface area contributed by atoms with Gasteiger partial charge in [0, 0.05) is 0 Å². The van der Waals surface area contributed by atoms with E-state index in [9.17, 15) is 0 Å². The van der Waals surface area contributed by atoms with Crippen molar-refractivity contribution in [1.82, 2.24) is 0 Å². The van der Waals surface area contributed by atoms with E-state index in [1.54, 1.807) is 12.1 Å². The zero-order chi connectivity index (χ0) is 10.9. The van der Waals surface area contributed by atoms with Gasteiger partial charge in [-0.3, -0.25) is 0 Å². The molecule has 76 valence electrons. The lowest BCUT2D eigenvalue weighted by Gasteiger charge is -1.96. The maximum Gasteiger partial charge on any atom is 0.118 e. The predicted molar refractivity (Wildman–Crippen MR) is 62.4 cm³/mol. The summed E-state index contributed by atoms with van der Waals surface area (Å²) >= 11 is 0. The van der Waals surface area contributed by atoms with Gasteiger partial charge in [-0.25, -0.2) is 0 Å². The number of aromatic hydroxyl groups is 1. The Balaban J connectivity index is 0.000000162.